The van der Waals surface area contributed by atoms with Crippen molar-refractivity contribution in [3.8, 4) is 0 Å². The normalized spacial score (nSPS) is 21.1. The topological polar surface area (TPSA) is 71.1 Å². The number of ether oxygens (including phenoxy) is 1. The van der Waals surface area contributed by atoms with Crippen LogP contribution in [0.5, 0.6) is 0 Å². The molecule has 1 aliphatic rings. The van der Waals surface area contributed by atoms with Gasteiger partial charge in [-0.3, -0.25) is 4.90 Å². The first-order valence-electron chi connectivity index (χ1n) is 5.84. The summed E-state index contributed by atoms with van der Waals surface area (Å²) in [4.78, 5) is 2.25. The van der Waals surface area contributed by atoms with Gasteiger partial charge in [0.2, 0.25) is 0 Å². The molecular formula is C11H23N3O2. The quantitative estimate of drug-likeness (QED) is 0.294. The first kappa shape index (κ1) is 13.3. The lowest BCUT2D eigenvalue weighted by molar-refractivity contribution is 0.106. The van der Waals surface area contributed by atoms with Gasteiger partial charge in [0, 0.05) is 19.7 Å². The van der Waals surface area contributed by atoms with Gasteiger partial charge in [-0.25, -0.2) is 0 Å². The highest BCUT2D eigenvalue weighted by atomic mass is 16.5. The van der Waals surface area contributed by atoms with Gasteiger partial charge in [0.25, 0.3) is 0 Å². The van der Waals surface area contributed by atoms with Crippen LogP contribution in [0.3, 0.4) is 0 Å². The van der Waals surface area contributed by atoms with Crippen LogP contribution in [0.2, 0.25) is 0 Å². The summed E-state index contributed by atoms with van der Waals surface area (Å²) in [6, 6.07) is 0.418. The Bertz CT molecular complexity index is 241. The zero-order chi connectivity index (χ0) is 12.1. The fourth-order valence-corrected chi connectivity index (χ4v) is 2.05. The van der Waals surface area contributed by atoms with Crippen molar-refractivity contribution in [2.24, 2.45) is 16.8 Å². The SMILES string of the molecule is COCCN(C(C)C(N)=NO)C(C)C1CC1. The fraction of sp³-hybridized carbons (Fsp3) is 0.909. The predicted octanol–water partition coefficient (Wildman–Crippen LogP) is 0.868. The maximum Gasteiger partial charge on any atom is 0.156 e. The smallest absolute Gasteiger partial charge is 0.156 e. The minimum absolute atomic E-state index is 0.0456. The molecular weight excluding hydrogens is 206 g/mol. The number of rotatable bonds is 7. The summed E-state index contributed by atoms with van der Waals surface area (Å²) in [6.45, 7) is 5.64. The molecule has 5 nitrogen and oxygen atoms in total. The van der Waals surface area contributed by atoms with E-state index in [4.69, 9.17) is 15.7 Å². The van der Waals surface area contributed by atoms with Crippen molar-refractivity contribution >= 4 is 5.84 Å². The average Bonchev–Trinajstić information content (AvgIpc) is 3.11. The highest BCUT2D eigenvalue weighted by Gasteiger charge is 2.34. The van der Waals surface area contributed by atoms with Gasteiger partial charge < -0.3 is 15.7 Å². The van der Waals surface area contributed by atoms with Crippen molar-refractivity contribution in [3.63, 3.8) is 0 Å². The van der Waals surface area contributed by atoms with Crippen LogP contribution in [0.25, 0.3) is 0 Å². The van der Waals surface area contributed by atoms with Gasteiger partial charge >= 0.3 is 0 Å². The third-order valence-corrected chi connectivity index (χ3v) is 3.42. The number of amidine groups is 1. The van der Waals surface area contributed by atoms with E-state index < -0.39 is 0 Å². The van der Waals surface area contributed by atoms with E-state index in [1.807, 2.05) is 6.92 Å². The van der Waals surface area contributed by atoms with Gasteiger partial charge in [-0.05, 0) is 32.6 Å². The van der Waals surface area contributed by atoms with Crippen molar-refractivity contribution in [3.05, 3.63) is 0 Å². The van der Waals surface area contributed by atoms with Crippen LogP contribution in [-0.4, -0.2) is 48.3 Å². The first-order chi connectivity index (χ1) is 7.61. The van der Waals surface area contributed by atoms with Crippen LogP contribution in [0, 0.1) is 5.92 Å². The Hall–Kier alpha value is -0.810. The number of oxime groups is 1. The summed E-state index contributed by atoms with van der Waals surface area (Å²) >= 11 is 0. The van der Waals surface area contributed by atoms with E-state index in [1.165, 1.54) is 12.8 Å². The van der Waals surface area contributed by atoms with Crippen LogP contribution < -0.4 is 5.73 Å². The molecule has 0 aromatic heterocycles. The molecule has 0 saturated heterocycles. The maximum atomic E-state index is 8.72. The zero-order valence-corrected chi connectivity index (χ0v) is 10.4. The van der Waals surface area contributed by atoms with Crippen molar-refractivity contribution in [1.82, 2.24) is 4.90 Å². The molecule has 5 heteroatoms. The number of hydrogen-bond donors (Lipinski definition) is 2. The predicted molar refractivity (Wildman–Crippen MR) is 63.6 cm³/mol. The number of nitrogens with two attached hydrogens (primary N) is 1. The maximum absolute atomic E-state index is 8.72. The molecule has 3 N–H and O–H groups in total. The van der Waals surface area contributed by atoms with Crippen molar-refractivity contribution in [2.75, 3.05) is 20.3 Å². The van der Waals surface area contributed by atoms with Crippen LogP contribution >= 0.6 is 0 Å². The fourth-order valence-electron chi connectivity index (χ4n) is 2.05. The van der Waals surface area contributed by atoms with Gasteiger partial charge in [0.05, 0.1) is 12.6 Å². The Morgan fingerprint density at radius 1 is 1.56 bits per heavy atom. The Morgan fingerprint density at radius 3 is 2.62 bits per heavy atom. The largest absolute Gasteiger partial charge is 0.409 e. The molecule has 0 amide bonds. The van der Waals surface area contributed by atoms with Crippen molar-refractivity contribution < 1.29 is 9.94 Å². The van der Waals surface area contributed by atoms with Crippen LogP contribution in [0.1, 0.15) is 26.7 Å². The molecule has 0 aliphatic heterocycles. The Balaban J connectivity index is 2.60. The Kier molecular flexibility index (Phi) is 5.02. The summed E-state index contributed by atoms with van der Waals surface area (Å²) in [7, 11) is 1.69. The van der Waals surface area contributed by atoms with Crippen LogP contribution in [-0.2, 0) is 4.74 Å². The van der Waals surface area contributed by atoms with E-state index in [2.05, 4.69) is 17.0 Å². The molecule has 0 heterocycles. The third-order valence-electron chi connectivity index (χ3n) is 3.42. The monoisotopic (exact) mass is 229 g/mol. The molecule has 0 aromatic carbocycles. The van der Waals surface area contributed by atoms with Gasteiger partial charge in [-0.2, -0.15) is 0 Å². The molecule has 94 valence electrons. The summed E-state index contributed by atoms with van der Waals surface area (Å²) in [6.07, 6.45) is 2.57. The van der Waals surface area contributed by atoms with E-state index >= 15 is 0 Å². The third kappa shape index (κ3) is 3.35. The number of nitrogens with zero attached hydrogens (tertiary/aromatic N) is 2. The molecule has 0 spiro atoms. The molecule has 1 rings (SSSR count). The number of methoxy groups -OCH3 is 1. The molecule has 16 heavy (non-hydrogen) atoms. The second-order valence-electron chi connectivity index (χ2n) is 4.51. The second-order valence-corrected chi connectivity index (χ2v) is 4.51. The molecule has 1 fully saturated rings. The molecule has 0 radical (unpaired) electrons. The van der Waals surface area contributed by atoms with E-state index in [0.29, 0.717) is 12.6 Å². The van der Waals surface area contributed by atoms with Crippen LogP contribution in [0.4, 0.5) is 0 Å². The summed E-state index contributed by atoms with van der Waals surface area (Å²) in [5.41, 5.74) is 5.66. The van der Waals surface area contributed by atoms with E-state index in [9.17, 15) is 0 Å². The molecule has 1 saturated carbocycles. The molecule has 0 bridgehead atoms. The minimum Gasteiger partial charge on any atom is -0.409 e. The lowest BCUT2D eigenvalue weighted by Crippen LogP contribution is -2.49. The highest BCUT2D eigenvalue weighted by molar-refractivity contribution is 5.84. The highest BCUT2D eigenvalue weighted by Crippen LogP contribution is 2.35. The Morgan fingerprint density at radius 2 is 2.19 bits per heavy atom. The molecule has 1 aliphatic carbocycles. The average molecular weight is 229 g/mol. The summed E-state index contributed by atoms with van der Waals surface area (Å²) in [5, 5.41) is 11.8. The zero-order valence-electron chi connectivity index (χ0n) is 10.4. The van der Waals surface area contributed by atoms with Crippen molar-refractivity contribution in [1.29, 1.82) is 0 Å². The molecule has 2 unspecified atom stereocenters. The van der Waals surface area contributed by atoms with Gasteiger partial charge in [-0.15, -0.1) is 0 Å². The van der Waals surface area contributed by atoms with Crippen molar-refractivity contribution in [2.45, 2.75) is 38.8 Å². The second kappa shape index (κ2) is 6.06. The summed E-state index contributed by atoms with van der Waals surface area (Å²) < 4.78 is 5.10. The van der Waals surface area contributed by atoms with Gasteiger partial charge in [0.15, 0.2) is 5.84 Å². The summed E-state index contributed by atoms with van der Waals surface area (Å²) in [5.74, 6) is 1.02. The standard InChI is InChI=1S/C11H23N3O2/c1-8(10-4-5-10)14(6-7-16-3)9(2)11(12)13-15/h8-10,15H,4-7H2,1-3H3,(H2,12,13). The van der Waals surface area contributed by atoms with E-state index in [1.54, 1.807) is 7.11 Å². The number of hydrogen-bond acceptors (Lipinski definition) is 4. The minimum atomic E-state index is -0.0456. The van der Waals surface area contributed by atoms with E-state index in [-0.39, 0.29) is 11.9 Å². The lowest BCUT2D eigenvalue weighted by Gasteiger charge is -2.33. The molecule has 2 atom stereocenters. The van der Waals surface area contributed by atoms with Gasteiger partial charge in [0.1, 0.15) is 0 Å². The Labute approximate surface area is 97.2 Å². The van der Waals surface area contributed by atoms with Gasteiger partial charge in [-0.1, -0.05) is 5.16 Å². The molecule has 0 aromatic rings. The van der Waals surface area contributed by atoms with E-state index in [0.717, 1.165) is 12.5 Å². The van der Waals surface area contributed by atoms with Crippen LogP contribution in [0.15, 0.2) is 5.16 Å². The lowest BCUT2D eigenvalue weighted by atomic mass is 10.1. The first-order valence-corrected chi connectivity index (χ1v) is 5.84.